The molecule has 2 amide bonds. The van der Waals surface area contributed by atoms with E-state index in [2.05, 4.69) is 4.98 Å². The first-order chi connectivity index (χ1) is 14.0. The number of benzene rings is 1. The number of rotatable bonds is 5. The Kier molecular flexibility index (Phi) is 6.06. The van der Waals surface area contributed by atoms with Gasteiger partial charge in [-0.2, -0.15) is 13.2 Å². The maximum atomic E-state index is 13.7. The van der Waals surface area contributed by atoms with Crippen LogP contribution in [0.1, 0.15) is 17.8 Å². The molecule has 162 valence electrons. The van der Waals surface area contributed by atoms with Crippen LogP contribution in [-0.2, 0) is 29.1 Å². The highest BCUT2D eigenvalue weighted by Gasteiger charge is 2.39. The monoisotopic (exact) mass is 431 g/mol. The summed E-state index contributed by atoms with van der Waals surface area (Å²) >= 11 is 0. The van der Waals surface area contributed by atoms with Gasteiger partial charge in [-0.05, 0) is 30.2 Å². The number of fused-ring (bicyclic) bond motifs is 1. The van der Waals surface area contributed by atoms with Crippen molar-refractivity contribution in [3.8, 4) is 0 Å². The minimum Gasteiger partial charge on any atom is -0.333 e. The molecule has 1 aliphatic rings. The molecular weight excluding hydrogens is 413 g/mol. The van der Waals surface area contributed by atoms with E-state index in [4.69, 9.17) is 5.73 Å². The van der Waals surface area contributed by atoms with Gasteiger partial charge in [-0.25, -0.2) is 13.8 Å². The second-order valence-electron chi connectivity index (χ2n) is 6.91. The third-order valence-corrected chi connectivity index (χ3v) is 4.58. The van der Waals surface area contributed by atoms with Crippen LogP contribution in [0.4, 0.5) is 27.8 Å². The highest BCUT2D eigenvalue weighted by atomic mass is 19.4. The topological polar surface area (TPSA) is 93.3 Å². The van der Waals surface area contributed by atoms with Crippen molar-refractivity contribution in [3.63, 3.8) is 0 Å². The van der Waals surface area contributed by atoms with Gasteiger partial charge in [0.1, 0.15) is 17.5 Å². The molecule has 0 unspecified atom stereocenters. The zero-order chi connectivity index (χ0) is 22.1. The normalized spacial score (nSPS) is 14.9. The number of aromatic nitrogens is 2. The van der Waals surface area contributed by atoms with E-state index in [9.17, 15) is 31.5 Å². The van der Waals surface area contributed by atoms with Gasteiger partial charge in [-0.3, -0.25) is 9.59 Å². The lowest BCUT2D eigenvalue weighted by Gasteiger charge is -2.28. The van der Waals surface area contributed by atoms with Gasteiger partial charge in [-0.15, -0.1) is 0 Å². The Hall–Kier alpha value is -3.02. The number of anilines is 1. The van der Waals surface area contributed by atoms with E-state index in [1.807, 2.05) is 0 Å². The molecule has 0 aliphatic carbocycles. The van der Waals surface area contributed by atoms with E-state index in [1.54, 1.807) is 5.32 Å². The first-order valence-corrected chi connectivity index (χ1v) is 8.94. The number of alkyl halides is 3. The van der Waals surface area contributed by atoms with Crippen molar-refractivity contribution in [2.75, 3.05) is 11.9 Å². The Balaban J connectivity index is 1.59. The van der Waals surface area contributed by atoms with Crippen LogP contribution in [0, 0.1) is 11.6 Å². The fourth-order valence-electron chi connectivity index (χ4n) is 3.12. The van der Waals surface area contributed by atoms with Crippen LogP contribution in [0.2, 0.25) is 0 Å². The van der Waals surface area contributed by atoms with Gasteiger partial charge >= 0.3 is 12.1 Å². The predicted molar refractivity (Wildman–Crippen MR) is 95.0 cm³/mol. The van der Waals surface area contributed by atoms with Crippen molar-refractivity contribution in [1.82, 2.24) is 14.5 Å². The third kappa shape index (κ3) is 5.12. The molecule has 30 heavy (non-hydrogen) atoms. The zero-order valence-electron chi connectivity index (χ0n) is 15.5. The zero-order valence-corrected chi connectivity index (χ0v) is 15.5. The van der Waals surface area contributed by atoms with E-state index in [-0.39, 0.29) is 49.8 Å². The fourth-order valence-corrected chi connectivity index (χ4v) is 3.12. The number of halogens is 5. The molecule has 0 fully saturated rings. The van der Waals surface area contributed by atoms with Crippen molar-refractivity contribution in [2.45, 2.75) is 38.1 Å². The van der Waals surface area contributed by atoms with Crippen LogP contribution in [0.15, 0.2) is 24.4 Å². The summed E-state index contributed by atoms with van der Waals surface area (Å²) < 4.78 is 65.6. The Morgan fingerprint density at radius 2 is 1.97 bits per heavy atom. The summed E-state index contributed by atoms with van der Waals surface area (Å²) in [5.74, 6) is -3.68. The Bertz CT molecular complexity index is 959. The first kappa shape index (κ1) is 21.7. The Labute approximate surface area is 167 Å². The van der Waals surface area contributed by atoms with Gasteiger partial charge in [-0.1, -0.05) is 0 Å². The van der Waals surface area contributed by atoms with E-state index >= 15 is 0 Å². The van der Waals surface area contributed by atoms with Gasteiger partial charge < -0.3 is 20.5 Å². The molecule has 0 saturated heterocycles. The number of hydrogen-bond acceptors (Lipinski definition) is 4. The average Bonchev–Trinajstić information content (AvgIpc) is 3.05. The molecule has 0 saturated carbocycles. The summed E-state index contributed by atoms with van der Waals surface area (Å²) in [4.78, 5) is 28.9. The third-order valence-electron chi connectivity index (χ3n) is 4.58. The highest BCUT2D eigenvalue weighted by molar-refractivity contribution is 5.94. The molecule has 3 N–H and O–H groups in total. The minimum absolute atomic E-state index is 0.0156. The van der Waals surface area contributed by atoms with E-state index in [0.717, 1.165) is 18.2 Å². The van der Waals surface area contributed by atoms with Gasteiger partial charge in [0.15, 0.2) is 5.82 Å². The number of imidazole rings is 1. The molecule has 3 rings (SSSR count). The molecule has 1 atom stereocenters. The molecule has 1 aliphatic heterocycles. The molecule has 2 aromatic rings. The van der Waals surface area contributed by atoms with E-state index in [0.29, 0.717) is 5.82 Å². The lowest BCUT2D eigenvalue weighted by atomic mass is 10.0. The van der Waals surface area contributed by atoms with Gasteiger partial charge in [0.05, 0.1) is 6.54 Å². The van der Waals surface area contributed by atoms with Crippen molar-refractivity contribution in [3.05, 3.63) is 47.4 Å². The minimum atomic E-state index is -5.04. The van der Waals surface area contributed by atoms with Crippen LogP contribution >= 0.6 is 0 Å². The second-order valence-corrected chi connectivity index (χ2v) is 6.91. The number of nitrogens with two attached hydrogens (primary N) is 1. The summed E-state index contributed by atoms with van der Waals surface area (Å²) in [6, 6.07) is 2.24. The fraction of sp³-hybridized carbons (Fsp3) is 0.389. The SMILES string of the molecule is N[C@@H](CC(=O)N1CCn2cc(NC(=O)C(F)(F)F)nc2C1)Cc1cc(F)ccc1F. The van der Waals surface area contributed by atoms with Crippen molar-refractivity contribution in [1.29, 1.82) is 0 Å². The van der Waals surface area contributed by atoms with Gasteiger partial charge in [0, 0.05) is 31.7 Å². The quantitative estimate of drug-likeness (QED) is 0.708. The van der Waals surface area contributed by atoms with Gasteiger partial charge in [0.2, 0.25) is 5.91 Å². The first-order valence-electron chi connectivity index (χ1n) is 8.94. The van der Waals surface area contributed by atoms with Crippen molar-refractivity contribution in [2.24, 2.45) is 5.73 Å². The maximum absolute atomic E-state index is 13.7. The number of amides is 2. The number of carbonyl (C=O) groups is 2. The molecule has 12 heteroatoms. The summed E-state index contributed by atoms with van der Waals surface area (Å²) in [5, 5.41) is 1.67. The van der Waals surface area contributed by atoms with Crippen LogP contribution in [0.25, 0.3) is 0 Å². The summed E-state index contributed by atoms with van der Waals surface area (Å²) in [6.07, 6.45) is -3.94. The summed E-state index contributed by atoms with van der Waals surface area (Å²) in [7, 11) is 0. The molecule has 1 aromatic heterocycles. The summed E-state index contributed by atoms with van der Waals surface area (Å²) in [5.41, 5.74) is 5.98. The standard InChI is InChI=1S/C18H18F5N5O2/c19-11-1-2-13(20)10(5-11)6-12(24)7-16(29)28-4-3-27-8-14(25-15(27)9-28)26-17(30)18(21,22)23/h1-2,5,8,12H,3-4,6-7,9,24H2,(H,26,30)/t12-/m1/s1. The lowest BCUT2D eigenvalue weighted by molar-refractivity contribution is -0.167. The number of nitrogens with one attached hydrogen (secondary N) is 1. The molecule has 0 radical (unpaired) electrons. The van der Waals surface area contributed by atoms with Crippen LogP contribution in [0.3, 0.4) is 0 Å². The number of nitrogens with zero attached hydrogens (tertiary/aromatic N) is 3. The van der Waals surface area contributed by atoms with Crippen molar-refractivity contribution >= 4 is 17.6 Å². The average molecular weight is 431 g/mol. The molecule has 7 nitrogen and oxygen atoms in total. The van der Waals surface area contributed by atoms with Crippen LogP contribution < -0.4 is 11.1 Å². The van der Waals surface area contributed by atoms with Crippen molar-refractivity contribution < 1.29 is 31.5 Å². The Morgan fingerprint density at radius 1 is 1.23 bits per heavy atom. The molecule has 2 heterocycles. The predicted octanol–water partition coefficient (Wildman–Crippen LogP) is 1.96. The van der Waals surface area contributed by atoms with Gasteiger partial charge in [0.25, 0.3) is 0 Å². The van der Waals surface area contributed by atoms with E-state index in [1.165, 1.54) is 15.7 Å². The molecule has 1 aromatic carbocycles. The molecular formula is C18H18F5N5O2. The Morgan fingerprint density at radius 3 is 2.67 bits per heavy atom. The van der Waals surface area contributed by atoms with E-state index < -0.39 is 29.8 Å². The highest BCUT2D eigenvalue weighted by Crippen LogP contribution is 2.21. The molecule has 0 spiro atoms. The summed E-state index contributed by atoms with van der Waals surface area (Å²) in [6.45, 7) is 0.543. The second kappa shape index (κ2) is 8.38. The van der Waals surface area contributed by atoms with Crippen LogP contribution in [-0.4, -0.2) is 45.0 Å². The maximum Gasteiger partial charge on any atom is 0.471 e. The largest absolute Gasteiger partial charge is 0.471 e. The molecule has 0 bridgehead atoms. The number of hydrogen-bond donors (Lipinski definition) is 2. The van der Waals surface area contributed by atoms with Crippen LogP contribution in [0.5, 0.6) is 0 Å². The smallest absolute Gasteiger partial charge is 0.333 e. The number of carbonyl (C=O) groups excluding carboxylic acids is 2. The lowest BCUT2D eigenvalue weighted by Crippen LogP contribution is -2.41.